The molecule has 2 atom stereocenters. The van der Waals surface area contributed by atoms with Crippen LogP contribution in [0.4, 0.5) is 0 Å². The Morgan fingerprint density at radius 2 is 1.79 bits per heavy atom. The Morgan fingerprint density at radius 1 is 1.07 bits per heavy atom. The Kier molecular flexibility index (Phi) is 6.15. The number of rotatable bonds is 4. The second-order valence-corrected chi connectivity index (χ2v) is 3.96. The highest BCUT2D eigenvalue weighted by molar-refractivity contribution is 4.72. The molecular weight excluding hydrogens is 180 g/mol. The van der Waals surface area contributed by atoms with Crippen molar-refractivity contribution in [3.05, 3.63) is 0 Å². The van der Waals surface area contributed by atoms with Crippen LogP contribution < -0.4 is 0 Å². The number of hydrogen-bond donors (Lipinski definition) is 1. The smallest absolute Gasteiger partial charge is 0.0835 e. The van der Waals surface area contributed by atoms with Crippen LogP contribution in [0.25, 0.3) is 0 Å². The van der Waals surface area contributed by atoms with E-state index in [-0.39, 0.29) is 12.2 Å². The number of hydrogen-bond acceptors (Lipinski definition) is 3. The predicted octanol–water partition coefficient (Wildman–Crippen LogP) is 1.73. The molecule has 3 heteroatoms. The van der Waals surface area contributed by atoms with E-state index >= 15 is 0 Å². The molecule has 1 saturated carbocycles. The molecule has 1 rings (SSSR count). The van der Waals surface area contributed by atoms with E-state index in [1.54, 1.807) is 7.11 Å². The summed E-state index contributed by atoms with van der Waals surface area (Å²) in [6, 6.07) is 0. The van der Waals surface area contributed by atoms with Gasteiger partial charge in [-0.05, 0) is 12.8 Å². The van der Waals surface area contributed by atoms with Crippen molar-refractivity contribution in [2.24, 2.45) is 0 Å². The van der Waals surface area contributed by atoms with E-state index in [4.69, 9.17) is 9.47 Å². The summed E-state index contributed by atoms with van der Waals surface area (Å²) in [6.07, 6.45) is 6.47. The topological polar surface area (TPSA) is 38.7 Å². The Bertz CT molecular complexity index is 138. The van der Waals surface area contributed by atoms with Crippen molar-refractivity contribution >= 4 is 0 Å². The lowest BCUT2D eigenvalue weighted by atomic mass is 9.96. The van der Waals surface area contributed by atoms with Gasteiger partial charge >= 0.3 is 0 Å². The van der Waals surface area contributed by atoms with E-state index in [0.717, 1.165) is 19.3 Å². The van der Waals surface area contributed by atoms with Gasteiger partial charge in [0.2, 0.25) is 0 Å². The van der Waals surface area contributed by atoms with Crippen molar-refractivity contribution < 1.29 is 14.6 Å². The largest absolute Gasteiger partial charge is 0.390 e. The van der Waals surface area contributed by atoms with E-state index in [1.165, 1.54) is 19.3 Å². The Labute approximate surface area is 86.4 Å². The van der Waals surface area contributed by atoms with Crippen LogP contribution >= 0.6 is 0 Å². The summed E-state index contributed by atoms with van der Waals surface area (Å²) in [7, 11) is 1.66. The van der Waals surface area contributed by atoms with Crippen LogP contribution in [0.3, 0.4) is 0 Å². The van der Waals surface area contributed by atoms with Gasteiger partial charge in [0.05, 0.1) is 25.4 Å². The van der Waals surface area contributed by atoms with Gasteiger partial charge in [-0.2, -0.15) is 0 Å². The Morgan fingerprint density at radius 3 is 2.50 bits per heavy atom. The molecule has 2 unspecified atom stereocenters. The summed E-state index contributed by atoms with van der Waals surface area (Å²) >= 11 is 0. The summed E-state index contributed by atoms with van der Waals surface area (Å²) in [5, 5.41) is 9.81. The molecule has 0 aliphatic heterocycles. The molecule has 0 aromatic rings. The number of aliphatic hydroxyl groups excluding tert-OH is 1. The summed E-state index contributed by atoms with van der Waals surface area (Å²) in [4.78, 5) is 0. The zero-order chi connectivity index (χ0) is 10.2. The molecule has 84 valence electrons. The molecule has 0 radical (unpaired) electrons. The van der Waals surface area contributed by atoms with Crippen LogP contribution in [0.1, 0.15) is 38.5 Å². The maximum Gasteiger partial charge on any atom is 0.0835 e. The minimum atomic E-state index is -0.271. The standard InChI is InChI=1S/C11H22O3/c1-13-8-9-14-11-7-5-3-2-4-6-10(11)12/h10-12H,2-9H2,1H3. The number of ether oxygens (including phenoxy) is 2. The van der Waals surface area contributed by atoms with E-state index < -0.39 is 0 Å². The van der Waals surface area contributed by atoms with Crippen molar-refractivity contribution in [3.8, 4) is 0 Å². The van der Waals surface area contributed by atoms with Crippen molar-refractivity contribution in [3.63, 3.8) is 0 Å². The second kappa shape index (κ2) is 7.21. The van der Waals surface area contributed by atoms with Crippen molar-refractivity contribution in [1.29, 1.82) is 0 Å². The third kappa shape index (κ3) is 4.40. The first-order chi connectivity index (χ1) is 6.84. The van der Waals surface area contributed by atoms with E-state index in [2.05, 4.69) is 0 Å². The van der Waals surface area contributed by atoms with Crippen LogP contribution in [0, 0.1) is 0 Å². The molecule has 0 bridgehead atoms. The fourth-order valence-corrected chi connectivity index (χ4v) is 1.91. The molecule has 1 fully saturated rings. The zero-order valence-electron chi connectivity index (χ0n) is 9.08. The zero-order valence-corrected chi connectivity index (χ0v) is 9.08. The summed E-state index contributed by atoms with van der Waals surface area (Å²) in [6.45, 7) is 1.21. The second-order valence-electron chi connectivity index (χ2n) is 3.96. The van der Waals surface area contributed by atoms with Gasteiger partial charge in [-0.1, -0.05) is 25.7 Å². The van der Waals surface area contributed by atoms with Crippen molar-refractivity contribution in [2.75, 3.05) is 20.3 Å². The highest BCUT2D eigenvalue weighted by atomic mass is 16.5. The van der Waals surface area contributed by atoms with Gasteiger partial charge in [0.1, 0.15) is 0 Å². The first kappa shape index (κ1) is 12.0. The molecule has 0 saturated heterocycles. The first-order valence-electron chi connectivity index (χ1n) is 5.63. The lowest BCUT2D eigenvalue weighted by molar-refractivity contribution is -0.0617. The quantitative estimate of drug-likeness (QED) is 0.706. The Hall–Kier alpha value is -0.120. The lowest BCUT2D eigenvalue weighted by Gasteiger charge is -2.25. The van der Waals surface area contributed by atoms with Gasteiger partial charge in [0, 0.05) is 7.11 Å². The van der Waals surface area contributed by atoms with Gasteiger partial charge in [-0.3, -0.25) is 0 Å². The van der Waals surface area contributed by atoms with Gasteiger partial charge < -0.3 is 14.6 Å². The van der Waals surface area contributed by atoms with E-state index in [1.807, 2.05) is 0 Å². The minimum Gasteiger partial charge on any atom is -0.390 e. The van der Waals surface area contributed by atoms with Crippen LogP contribution in [0.15, 0.2) is 0 Å². The minimum absolute atomic E-state index is 0.0328. The summed E-state index contributed by atoms with van der Waals surface area (Å²) in [5.74, 6) is 0. The van der Waals surface area contributed by atoms with Crippen molar-refractivity contribution in [2.45, 2.75) is 50.7 Å². The SMILES string of the molecule is COCCOC1CCCCCCC1O. The van der Waals surface area contributed by atoms with Crippen LogP contribution in [0.2, 0.25) is 0 Å². The van der Waals surface area contributed by atoms with Gasteiger partial charge in [-0.25, -0.2) is 0 Å². The normalized spacial score (nSPS) is 29.6. The van der Waals surface area contributed by atoms with Crippen LogP contribution in [-0.4, -0.2) is 37.6 Å². The van der Waals surface area contributed by atoms with E-state index in [9.17, 15) is 5.11 Å². The van der Waals surface area contributed by atoms with Crippen molar-refractivity contribution in [1.82, 2.24) is 0 Å². The highest BCUT2D eigenvalue weighted by Gasteiger charge is 2.20. The molecular formula is C11H22O3. The fraction of sp³-hybridized carbons (Fsp3) is 1.00. The van der Waals surface area contributed by atoms with Crippen LogP contribution in [-0.2, 0) is 9.47 Å². The maximum atomic E-state index is 9.81. The van der Waals surface area contributed by atoms with Gasteiger partial charge in [-0.15, -0.1) is 0 Å². The van der Waals surface area contributed by atoms with Gasteiger partial charge in [0.15, 0.2) is 0 Å². The molecule has 1 N–H and O–H groups in total. The lowest BCUT2D eigenvalue weighted by Crippen LogP contribution is -2.31. The molecule has 3 nitrogen and oxygen atoms in total. The average molecular weight is 202 g/mol. The highest BCUT2D eigenvalue weighted by Crippen LogP contribution is 2.19. The molecule has 0 heterocycles. The molecule has 0 spiro atoms. The molecule has 0 amide bonds. The summed E-state index contributed by atoms with van der Waals surface area (Å²) < 4.78 is 10.5. The average Bonchev–Trinajstić information content (AvgIpc) is 2.17. The number of aliphatic hydroxyl groups is 1. The predicted molar refractivity (Wildman–Crippen MR) is 55.3 cm³/mol. The fourth-order valence-electron chi connectivity index (χ4n) is 1.91. The third-order valence-corrected chi connectivity index (χ3v) is 2.79. The molecule has 1 aliphatic rings. The monoisotopic (exact) mass is 202 g/mol. The first-order valence-corrected chi connectivity index (χ1v) is 5.63. The third-order valence-electron chi connectivity index (χ3n) is 2.79. The number of methoxy groups -OCH3 is 1. The maximum absolute atomic E-state index is 9.81. The molecule has 0 aromatic heterocycles. The molecule has 0 aromatic carbocycles. The van der Waals surface area contributed by atoms with Crippen LogP contribution in [0.5, 0.6) is 0 Å². The molecule has 1 aliphatic carbocycles. The summed E-state index contributed by atoms with van der Waals surface area (Å²) in [5.41, 5.74) is 0. The Balaban J connectivity index is 2.22. The molecule has 14 heavy (non-hydrogen) atoms. The van der Waals surface area contributed by atoms with E-state index in [0.29, 0.717) is 13.2 Å². The van der Waals surface area contributed by atoms with Gasteiger partial charge in [0.25, 0.3) is 0 Å².